The van der Waals surface area contributed by atoms with Crippen LogP contribution in [0.15, 0.2) is 24.3 Å². The third kappa shape index (κ3) is 4.45. The highest BCUT2D eigenvalue weighted by Crippen LogP contribution is 2.25. The van der Waals surface area contributed by atoms with Crippen LogP contribution in [0.3, 0.4) is 0 Å². The van der Waals surface area contributed by atoms with Crippen molar-refractivity contribution in [3.8, 4) is 0 Å². The quantitative estimate of drug-likeness (QED) is 0.719. The van der Waals surface area contributed by atoms with E-state index < -0.39 is 0 Å². The van der Waals surface area contributed by atoms with E-state index in [9.17, 15) is 14.4 Å². The van der Waals surface area contributed by atoms with Crippen LogP contribution in [0, 0.1) is 5.92 Å². The topological polar surface area (TPSA) is 70.2 Å². The second-order valence-corrected chi connectivity index (χ2v) is 8.12. The number of hydrogen-bond donors (Lipinski definition) is 0. The number of hydrogen-bond acceptors (Lipinski definition) is 5. The Balaban J connectivity index is 1.24. The number of nitrogens with zero attached hydrogens (tertiary/aromatic N) is 3. The molecule has 0 aromatic heterocycles. The number of benzene rings is 1. The lowest BCUT2D eigenvalue weighted by molar-refractivity contribution is -0.147. The number of ether oxygens (including phenoxy) is 1. The first-order chi connectivity index (χ1) is 14.2. The third-order valence-corrected chi connectivity index (χ3v) is 6.35. The molecule has 0 saturated carbocycles. The van der Waals surface area contributed by atoms with Gasteiger partial charge in [-0.3, -0.25) is 14.4 Å². The van der Waals surface area contributed by atoms with Gasteiger partial charge < -0.3 is 19.4 Å². The smallest absolute Gasteiger partial charge is 0.251 e. The molecule has 7 nitrogen and oxygen atoms in total. The first-order valence-corrected chi connectivity index (χ1v) is 10.6. The van der Waals surface area contributed by atoms with Gasteiger partial charge in [0.05, 0.1) is 0 Å². The Kier molecular flexibility index (Phi) is 6.13. The maximum atomic E-state index is 13.0. The molecule has 0 aliphatic carbocycles. The van der Waals surface area contributed by atoms with Gasteiger partial charge in [0.1, 0.15) is 12.4 Å². The summed E-state index contributed by atoms with van der Waals surface area (Å²) in [6.45, 7) is 4.80. The first kappa shape index (κ1) is 19.9. The minimum atomic E-state index is -0.276. The maximum absolute atomic E-state index is 13.0. The Bertz CT molecular complexity index is 729. The van der Waals surface area contributed by atoms with Gasteiger partial charge in [0.25, 0.3) is 5.91 Å². The lowest BCUT2D eigenvalue weighted by atomic mass is 9.94. The molecule has 3 saturated heterocycles. The van der Waals surface area contributed by atoms with Gasteiger partial charge in [0.2, 0.25) is 5.91 Å². The van der Waals surface area contributed by atoms with Crippen LogP contribution in [0.5, 0.6) is 0 Å². The number of carbonyl (C=O) groups is 3. The van der Waals surface area contributed by atoms with Crippen LogP contribution in [0.4, 0.5) is 5.69 Å². The highest BCUT2D eigenvalue weighted by molar-refractivity contribution is 5.82. The minimum absolute atomic E-state index is 0.0564. The lowest BCUT2D eigenvalue weighted by Gasteiger charge is -2.39. The molecule has 29 heavy (non-hydrogen) atoms. The summed E-state index contributed by atoms with van der Waals surface area (Å²) in [6.07, 6.45) is 4.01. The molecule has 0 unspecified atom stereocenters. The largest absolute Gasteiger partial charge is 0.371 e. The van der Waals surface area contributed by atoms with Gasteiger partial charge >= 0.3 is 0 Å². The molecule has 1 aromatic rings. The van der Waals surface area contributed by atoms with Crippen LogP contribution in [0.25, 0.3) is 0 Å². The molecular weight excluding hydrogens is 370 g/mol. The molecule has 0 bridgehead atoms. The van der Waals surface area contributed by atoms with Gasteiger partial charge in [-0.05, 0) is 49.9 Å². The number of amides is 2. The van der Waals surface area contributed by atoms with Gasteiger partial charge in [-0.25, -0.2) is 0 Å². The average molecular weight is 399 g/mol. The van der Waals surface area contributed by atoms with E-state index in [-0.39, 0.29) is 23.8 Å². The van der Waals surface area contributed by atoms with E-state index in [1.807, 2.05) is 34.1 Å². The van der Waals surface area contributed by atoms with Gasteiger partial charge in [-0.1, -0.05) is 0 Å². The highest BCUT2D eigenvalue weighted by Gasteiger charge is 2.34. The van der Waals surface area contributed by atoms with Crippen molar-refractivity contribution in [1.82, 2.24) is 9.80 Å². The third-order valence-electron chi connectivity index (χ3n) is 6.35. The summed E-state index contributed by atoms with van der Waals surface area (Å²) in [5, 5.41) is 0. The second-order valence-electron chi connectivity index (χ2n) is 8.12. The molecule has 3 aliphatic rings. The molecular formula is C22H29N3O4. The first-order valence-electron chi connectivity index (χ1n) is 10.6. The summed E-state index contributed by atoms with van der Waals surface area (Å²) >= 11 is 0. The zero-order valence-electron chi connectivity index (χ0n) is 16.8. The second kappa shape index (κ2) is 8.95. The van der Waals surface area contributed by atoms with Crippen molar-refractivity contribution >= 4 is 23.8 Å². The fraction of sp³-hybridized carbons (Fsp3) is 0.591. The maximum Gasteiger partial charge on any atom is 0.251 e. The Morgan fingerprint density at radius 1 is 0.862 bits per heavy atom. The SMILES string of the molecule is O=Cc1ccc(N2CCC(C(=O)N3CCN(C(=O)[C@@H]4CCCO4)CC3)CC2)cc1. The number of rotatable bonds is 4. The Labute approximate surface area is 171 Å². The van der Waals surface area contributed by atoms with Crippen LogP contribution in [0.1, 0.15) is 36.0 Å². The molecule has 3 aliphatic heterocycles. The van der Waals surface area contributed by atoms with Gasteiger partial charge in [0, 0.05) is 63.0 Å². The van der Waals surface area contributed by atoms with E-state index in [2.05, 4.69) is 4.90 Å². The Morgan fingerprint density at radius 2 is 1.48 bits per heavy atom. The van der Waals surface area contributed by atoms with Crippen molar-refractivity contribution in [3.63, 3.8) is 0 Å². The Morgan fingerprint density at radius 3 is 2.03 bits per heavy atom. The fourth-order valence-electron chi connectivity index (χ4n) is 4.53. The molecule has 2 amide bonds. The molecule has 1 atom stereocenters. The van der Waals surface area contributed by atoms with E-state index in [0.29, 0.717) is 38.3 Å². The van der Waals surface area contributed by atoms with Crippen molar-refractivity contribution in [2.24, 2.45) is 5.92 Å². The molecule has 1 aromatic carbocycles. The van der Waals surface area contributed by atoms with Gasteiger partial charge in [-0.2, -0.15) is 0 Å². The summed E-state index contributed by atoms with van der Waals surface area (Å²) in [6, 6.07) is 7.60. The summed E-state index contributed by atoms with van der Waals surface area (Å²) < 4.78 is 5.50. The van der Waals surface area contributed by atoms with Crippen LogP contribution in [-0.4, -0.2) is 79.9 Å². The van der Waals surface area contributed by atoms with E-state index in [1.54, 1.807) is 0 Å². The number of piperazine rings is 1. The summed E-state index contributed by atoms with van der Waals surface area (Å²) in [4.78, 5) is 42.3. The molecule has 3 fully saturated rings. The zero-order valence-corrected chi connectivity index (χ0v) is 16.8. The molecule has 0 spiro atoms. The average Bonchev–Trinajstić information content (AvgIpc) is 3.33. The molecule has 4 rings (SSSR count). The van der Waals surface area contributed by atoms with Crippen LogP contribution in [-0.2, 0) is 14.3 Å². The van der Waals surface area contributed by atoms with Gasteiger partial charge in [0.15, 0.2) is 0 Å². The Hall–Kier alpha value is -2.41. The number of piperidine rings is 1. The van der Waals surface area contributed by atoms with E-state index in [1.165, 1.54) is 0 Å². The van der Waals surface area contributed by atoms with Crippen molar-refractivity contribution in [2.45, 2.75) is 31.8 Å². The number of carbonyl (C=O) groups excluding carboxylic acids is 3. The zero-order chi connectivity index (χ0) is 20.2. The summed E-state index contributed by atoms with van der Waals surface area (Å²) in [5.41, 5.74) is 1.78. The summed E-state index contributed by atoms with van der Waals surface area (Å²) in [7, 11) is 0. The number of aldehydes is 1. The molecule has 0 radical (unpaired) electrons. The van der Waals surface area contributed by atoms with Gasteiger partial charge in [-0.15, -0.1) is 0 Å². The monoisotopic (exact) mass is 399 g/mol. The van der Waals surface area contributed by atoms with Crippen LogP contribution < -0.4 is 4.90 Å². The standard InChI is InChI=1S/C22H29N3O4/c26-16-17-3-5-19(6-4-17)23-9-7-18(8-10-23)21(27)24-11-13-25(14-12-24)22(28)20-2-1-15-29-20/h3-6,16,18,20H,1-2,7-15H2/t20-/m0/s1. The van der Waals surface area contributed by atoms with Crippen molar-refractivity contribution < 1.29 is 19.1 Å². The minimum Gasteiger partial charge on any atom is -0.371 e. The van der Waals surface area contributed by atoms with E-state index in [0.717, 1.165) is 50.7 Å². The summed E-state index contributed by atoms with van der Waals surface area (Å²) in [5.74, 6) is 0.370. The van der Waals surface area contributed by atoms with E-state index in [4.69, 9.17) is 4.74 Å². The predicted molar refractivity (Wildman–Crippen MR) is 109 cm³/mol. The van der Waals surface area contributed by atoms with E-state index >= 15 is 0 Å². The molecule has 7 heteroatoms. The normalized spacial score (nSPS) is 23.3. The fourth-order valence-corrected chi connectivity index (χ4v) is 4.53. The predicted octanol–water partition coefficient (Wildman–Crippen LogP) is 1.57. The molecule has 156 valence electrons. The lowest BCUT2D eigenvalue weighted by Crippen LogP contribution is -2.54. The van der Waals surface area contributed by atoms with Crippen LogP contribution in [0.2, 0.25) is 0 Å². The van der Waals surface area contributed by atoms with Crippen LogP contribution >= 0.6 is 0 Å². The number of anilines is 1. The van der Waals surface area contributed by atoms with Crippen molar-refractivity contribution in [3.05, 3.63) is 29.8 Å². The van der Waals surface area contributed by atoms with Crippen molar-refractivity contribution in [1.29, 1.82) is 0 Å². The molecule has 0 N–H and O–H groups in total. The molecule has 3 heterocycles. The highest BCUT2D eigenvalue weighted by atomic mass is 16.5. The van der Waals surface area contributed by atoms with Crippen molar-refractivity contribution in [2.75, 3.05) is 50.8 Å².